The van der Waals surface area contributed by atoms with Crippen molar-refractivity contribution < 1.29 is 4.42 Å². The Labute approximate surface area is 355 Å². The van der Waals surface area contributed by atoms with Crippen LogP contribution in [-0.4, -0.2) is 0 Å². The SMILES string of the molecule is CC(C)(C)c1cc(-c2cccc3c2oc2cc(N(c4ccc5c(c4)C(C)(C)c4ccccc4-5)c4ccc5c(c4)C4(CCCC4)c4ccccc4-5)ccc23)cc(C(C)(C)C)c1. The number of nitrogens with zero attached hydrogens (tertiary/aromatic N) is 1. The molecule has 11 rings (SSSR count). The summed E-state index contributed by atoms with van der Waals surface area (Å²) in [5.74, 6) is 0. The third kappa shape index (κ3) is 5.45. The number of rotatable bonds is 4. The van der Waals surface area contributed by atoms with Crippen LogP contribution >= 0.6 is 0 Å². The van der Waals surface area contributed by atoms with Gasteiger partial charge in [0.15, 0.2) is 0 Å². The second kappa shape index (κ2) is 12.8. The van der Waals surface area contributed by atoms with Crippen LogP contribution < -0.4 is 4.90 Å². The number of fused-ring (bicyclic) bond motifs is 11. The first-order valence-electron chi connectivity index (χ1n) is 22.1. The van der Waals surface area contributed by atoms with Crippen molar-refractivity contribution >= 4 is 39.0 Å². The van der Waals surface area contributed by atoms with E-state index >= 15 is 0 Å². The van der Waals surface area contributed by atoms with Crippen molar-refractivity contribution in [1.82, 2.24) is 0 Å². The number of hydrogen-bond acceptors (Lipinski definition) is 2. The van der Waals surface area contributed by atoms with Crippen LogP contribution in [-0.2, 0) is 21.7 Å². The zero-order valence-corrected chi connectivity index (χ0v) is 36.5. The summed E-state index contributed by atoms with van der Waals surface area (Å²) in [5.41, 5.74) is 21.6. The molecule has 3 aliphatic rings. The molecule has 8 aromatic rings. The van der Waals surface area contributed by atoms with E-state index in [1.165, 1.54) is 92.6 Å². The molecule has 0 bridgehead atoms. The first-order valence-corrected chi connectivity index (χ1v) is 22.1. The Morgan fingerprint density at radius 3 is 1.67 bits per heavy atom. The quantitative estimate of drug-likeness (QED) is 0.177. The van der Waals surface area contributed by atoms with Crippen LogP contribution in [0.5, 0.6) is 0 Å². The van der Waals surface area contributed by atoms with Crippen LogP contribution in [0.25, 0.3) is 55.3 Å². The lowest BCUT2D eigenvalue weighted by molar-refractivity contribution is 0.550. The van der Waals surface area contributed by atoms with Crippen LogP contribution in [0.3, 0.4) is 0 Å². The Morgan fingerprint density at radius 2 is 1.00 bits per heavy atom. The molecule has 0 atom stereocenters. The summed E-state index contributed by atoms with van der Waals surface area (Å²) in [6.45, 7) is 18.6. The van der Waals surface area contributed by atoms with Crippen molar-refractivity contribution in [2.75, 3.05) is 4.90 Å². The molecule has 3 aliphatic carbocycles. The Morgan fingerprint density at radius 1 is 0.467 bits per heavy atom. The van der Waals surface area contributed by atoms with Gasteiger partial charge in [-0.3, -0.25) is 0 Å². The summed E-state index contributed by atoms with van der Waals surface area (Å²) in [6.07, 6.45) is 4.94. The minimum Gasteiger partial charge on any atom is -0.455 e. The lowest BCUT2D eigenvalue weighted by atomic mass is 9.76. The first-order chi connectivity index (χ1) is 28.7. The fourth-order valence-electron chi connectivity index (χ4n) is 11.2. The van der Waals surface area contributed by atoms with Gasteiger partial charge in [0.1, 0.15) is 11.2 Å². The molecule has 7 aromatic carbocycles. The molecule has 2 heteroatoms. The molecular formula is C58H55NO. The molecule has 1 spiro atoms. The molecule has 0 amide bonds. The van der Waals surface area contributed by atoms with Crippen LogP contribution in [0.2, 0.25) is 0 Å². The molecule has 1 aromatic heterocycles. The van der Waals surface area contributed by atoms with Crippen LogP contribution in [0.4, 0.5) is 17.1 Å². The van der Waals surface area contributed by atoms with Gasteiger partial charge in [0.25, 0.3) is 0 Å². The second-order valence-corrected chi connectivity index (χ2v) is 20.6. The number of para-hydroxylation sites is 1. The maximum Gasteiger partial charge on any atom is 0.143 e. The largest absolute Gasteiger partial charge is 0.455 e. The fraction of sp³-hybridized carbons (Fsp3) is 0.276. The van der Waals surface area contributed by atoms with Crippen molar-refractivity contribution in [2.24, 2.45) is 0 Å². The van der Waals surface area contributed by atoms with E-state index < -0.39 is 0 Å². The summed E-state index contributed by atoms with van der Waals surface area (Å²) in [7, 11) is 0. The van der Waals surface area contributed by atoms with E-state index in [1.807, 2.05) is 0 Å². The topological polar surface area (TPSA) is 16.4 Å². The summed E-state index contributed by atoms with van der Waals surface area (Å²) >= 11 is 0. The average molecular weight is 782 g/mol. The zero-order chi connectivity index (χ0) is 41.3. The minimum atomic E-state index is -0.114. The normalized spacial score (nSPS) is 16.0. The minimum absolute atomic E-state index is 0.0173. The van der Waals surface area contributed by atoms with Crippen molar-refractivity contribution in [3.05, 3.63) is 173 Å². The van der Waals surface area contributed by atoms with Gasteiger partial charge in [-0.05, 0) is 121 Å². The maximum absolute atomic E-state index is 7.07. The molecule has 1 saturated carbocycles. The van der Waals surface area contributed by atoms with Crippen molar-refractivity contribution in [1.29, 1.82) is 0 Å². The molecule has 1 fully saturated rings. The zero-order valence-electron chi connectivity index (χ0n) is 36.5. The van der Waals surface area contributed by atoms with Crippen LogP contribution in [0.15, 0.2) is 144 Å². The Balaban J connectivity index is 1.10. The highest BCUT2D eigenvalue weighted by molar-refractivity contribution is 6.10. The molecule has 0 aliphatic heterocycles. The highest BCUT2D eigenvalue weighted by Crippen LogP contribution is 2.58. The molecule has 0 saturated heterocycles. The van der Waals surface area contributed by atoms with E-state index in [4.69, 9.17) is 4.42 Å². The number of benzene rings is 7. The van der Waals surface area contributed by atoms with E-state index in [0.29, 0.717) is 0 Å². The van der Waals surface area contributed by atoms with Gasteiger partial charge >= 0.3 is 0 Å². The van der Waals surface area contributed by atoms with E-state index in [2.05, 4.69) is 200 Å². The number of hydrogen-bond donors (Lipinski definition) is 0. The smallest absolute Gasteiger partial charge is 0.143 e. The van der Waals surface area contributed by atoms with Gasteiger partial charge in [-0.25, -0.2) is 0 Å². The molecule has 0 radical (unpaired) electrons. The summed E-state index contributed by atoms with van der Waals surface area (Å²) in [6, 6.07) is 53.2. The van der Waals surface area contributed by atoms with Gasteiger partial charge < -0.3 is 9.32 Å². The molecule has 2 nitrogen and oxygen atoms in total. The average Bonchev–Trinajstić information content (AvgIpc) is 3.99. The van der Waals surface area contributed by atoms with E-state index in [9.17, 15) is 0 Å². The number of anilines is 3. The van der Waals surface area contributed by atoms with Gasteiger partial charge in [0, 0.05) is 50.3 Å². The monoisotopic (exact) mass is 781 g/mol. The Kier molecular flexibility index (Phi) is 7.94. The van der Waals surface area contributed by atoms with Gasteiger partial charge in [-0.15, -0.1) is 0 Å². The van der Waals surface area contributed by atoms with E-state index in [1.54, 1.807) is 0 Å². The maximum atomic E-state index is 7.07. The second-order valence-electron chi connectivity index (χ2n) is 20.6. The highest BCUT2D eigenvalue weighted by Gasteiger charge is 2.45. The first kappa shape index (κ1) is 37.2. The van der Waals surface area contributed by atoms with Crippen LogP contribution in [0, 0.1) is 0 Å². The highest BCUT2D eigenvalue weighted by atomic mass is 16.3. The molecular weight excluding hydrogens is 727 g/mol. The van der Waals surface area contributed by atoms with E-state index in [0.717, 1.165) is 38.9 Å². The third-order valence-electron chi connectivity index (χ3n) is 14.5. The standard InChI is InChI=1S/C58H55NO/c1-55(2,3)37-30-36(31-38(32-37)56(4,5)6)42-18-15-19-48-47-27-24-41(35-53(47)60-54(42)48)59(39-22-25-45-43-16-9-11-20-49(43)57(7,8)51(45)33-39)40-23-26-46-44-17-10-12-21-50(44)58(52(46)34-40)28-13-14-29-58/h9-12,15-27,30-35H,13-14,28-29H2,1-8H3. The Hall–Kier alpha value is -5.86. The molecule has 0 N–H and O–H groups in total. The van der Waals surface area contributed by atoms with Crippen LogP contribution in [0.1, 0.15) is 114 Å². The summed E-state index contributed by atoms with van der Waals surface area (Å²) < 4.78 is 7.07. The Bertz CT molecular complexity index is 3010. The molecule has 0 unspecified atom stereocenters. The summed E-state index contributed by atoms with van der Waals surface area (Å²) in [4.78, 5) is 2.49. The van der Waals surface area contributed by atoms with Gasteiger partial charge in [-0.1, -0.05) is 165 Å². The number of furan rings is 1. The van der Waals surface area contributed by atoms with E-state index in [-0.39, 0.29) is 21.7 Å². The lowest BCUT2D eigenvalue weighted by Gasteiger charge is -2.31. The third-order valence-corrected chi connectivity index (χ3v) is 14.5. The van der Waals surface area contributed by atoms with Gasteiger partial charge in [-0.2, -0.15) is 0 Å². The van der Waals surface area contributed by atoms with Crippen molar-refractivity contribution in [3.63, 3.8) is 0 Å². The predicted molar refractivity (Wildman–Crippen MR) is 253 cm³/mol. The van der Waals surface area contributed by atoms with Gasteiger partial charge in [0.05, 0.1) is 0 Å². The molecule has 60 heavy (non-hydrogen) atoms. The van der Waals surface area contributed by atoms with Crippen molar-refractivity contribution in [3.8, 4) is 33.4 Å². The molecule has 1 heterocycles. The molecule has 298 valence electrons. The summed E-state index contributed by atoms with van der Waals surface area (Å²) in [5, 5.41) is 2.29. The van der Waals surface area contributed by atoms with Gasteiger partial charge in [0.2, 0.25) is 0 Å². The fourth-order valence-corrected chi connectivity index (χ4v) is 11.2. The van der Waals surface area contributed by atoms with Crippen molar-refractivity contribution in [2.45, 2.75) is 103 Å². The predicted octanol–water partition coefficient (Wildman–Crippen LogP) is 16.5. The lowest BCUT2D eigenvalue weighted by Crippen LogP contribution is -2.21.